The highest BCUT2D eigenvalue weighted by molar-refractivity contribution is 7.61. The predicted molar refractivity (Wildman–Crippen MR) is 341 cm³/mol. The molecule has 4 aliphatic carbocycles. The third-order valence-corrected chi connectivity index (χ3v) is 22.6. The van der Waals surface area contributed by atoms with E-state index in [9.17, 15) is 0 Å². The lowest BCUT2D eigenvalue weighted by Crippen LogP contribution is -2.67. The molecule has 0 bridgehead atoms. The minimum Gasteiger partial charge on any atom is -0.484 e. The Morgan fingerprint density at radius 3 is 1.91 bits per heavy atom. The summed E-state index contributed by atoms with van der Waals surface area (Å²) < 4.78 is 15.4. The van der Waals surface area contributed by atoms with Gasteiger partial charge in [-0.15, -0.1) is 0 Å². The van der Waals surface area contributed by atoms with Gasteiger partial charge in [-0.05, 0) is 101 Å². The van der Waals surface area contributed by atoms with E-state index in [1.165, 1.54) is 159 Å². The average Bonchev–Trinajstić information content (AvgIpc) is 2.71. The molecule has 5 unspecified atom stereocenters. The number of ether oxygens (including phenoxy) is 1. The number of nitrogens with zero attached hydrogens (tertiary/aromatic N) is 2. The van der Waals surface area contributed by atoms with Crippen molar-refractivity contribution in [2.24, 2.45) is 5.92 Å². The van der Waals surface area contributed by atoms with Crippen molar-refractivity contribution >= 4 is 109 Å². The molecule has 0 spiro atoms. The number of hydrogen-bond acceptors (Lipinski definition) is 4. The molecule has 4 nitrogen and oxygen atoms in total. The monoisotopic (exact) mass is 1060 g/mol. The summed E-state index contributed by atoms with van der Waals surface area (Å²) in [7, 11) is -1.29. The minimum atomic E-state index is -1.29. The van der Waals surface area contributed by atoms with Gasteiger partial charge in [0.1, 0.15) is 36.1 Å². The van der Waals surface area contributed by atoms with E-state index in [0.29, 0.717) is 5.92 Å². The van der Waals surface area contributed by atoms with Crippen molar-refractivity contribution in [2.75, 3.05) is 9.80 Å². The van der Waals surface area contributed by atoms with Gasteiger partial charge in [-0.1, -0.05) is 208 Å². The molecule has 9 aromatic carbocycles. The van der Waals surface area contributed by atoms with Crippen LogP contribution in [-0.4, -0.2) is 18.5 Å². The maximum absolute atomic E-state index is 7.76. The van der Waals surface area contributed by atoms with E-state index in [1.54, 1.807) is 0 Å². The van der Waals surface area contributed by atoms with E-state index < -0.39 is 7.55 Å². The average molecular weight is 1060 g/mol. The molecular weight excluding hydrogens is 1000 g/mol. The summed E-state index contributed by atoms with van der Waals surface area (Å²) in [6.07, 6.45) is 32.4. The predicted octanol–water partition coefficient (Wildman–Crippen LogP) is 16.6. The number of allylic oxidation sites excluding steroid dienone is 8. The van der Waals surface area contributed by atoms with Crippen molar-refractivity contribution in [2.45, 2.75) is 69.0 Å². The summed E-state index contributed by atoms with van der Waals surface area (Å²) in [6, 6.07) is 60.3. The van der Waals surface area contributed by atoms with Gasteiger partial charge in [0.25, 0.3) is 6.71 Å². The second-order valence-electron chi connectivity index (χ2n) is 23.7. The highest BCUT2D eigenvalue weighted by Crippen LogP contribution is 2.61. The summed E-state index contributed by atoms with van der Waals surface area (Å²) in [5.74, 6) is 1.69. The van der Waals surface area contributed by atoms with Crippen LogP contribution in [0.4, 0.5) is 34.1 Å². The van der Waals surface area contributed by atoms with Crippen molar-refractivity contribution in [3.63, 3.8) is 0 Å². The number of benzene rings is 9. The number of anilines is 6. The van der Waals surface area contributed by atoms with E-state index in [2.05, 4.69) is 241 Å². The van der Waals surface area contributed by atoms with Crippen molar-refractivity contribution in [3.8, 4) is 28.0 Å². The SMILES string of the molecule is CC1C=CC=CC1[P+]1=c2c3c(c4c5c(oc4c2-c2ccccc2)=CC=CC5)N(c2cccc4ccccc24)c2cc(C4CCCCC4)cc4c2B3c2c(c3c(c(-c5ccccc5)c21)OC1C=CC=CC31)N4c1cccc2ccccc12. The first-order valence-electron chi connectivity index (χ1n) is 29.6. The molecule has 18 rings (SSSR count). The second-order valence-corrected chi connectivity index (χ2v) is 25.9. The third kappa shape index (κ3) is 6.47. The van der Waals surface area contributed by atoms with E-state index in [-0.39, 0.29) is 30.3 Å². The van der Waals surface area contributed by atoms with Crippen molar-refractivity contribution in [3.05, 3.63) is 246 Å². The van der Waals surface area contributed by atoms with Crippen LogP contribution in [0, 0.1) is 10.9 Å². The number of fused-ring (bicyclic) bond motifs is 10. The smallest absolute Gasteiger partial charge is 0.263 e. The Bertz CT molecular complexity index is 4680. The van der Waals surface area contributed by atoms with Gasteiger partial charge in [0.2, 0.25) is 0 Å². The molecule has 1 fully saturated rings. The molecule has 6 heteroatoms. The van der Waals surface area contributed by atoms with Crippen LogP contribution in [0.3, 0.4) is 0 Å². The quantitative estimate of drug-likeness (QED) is 0.123. The summed E-state index contributed by atoms with van der Waals surface area (Å²) in [6.45, 7) is 2.32. The fraction of sp³-hybridized carbons (Fsp3) is 0.160. The van der Waals surface area contributed by atoms with Crippen LogP contribution >= 0.6 is 7.55 Å². The van der Waals surface area contributed by atoms with Gasteiger partial charge >= 0.3 is 0 Å². The van der Waals surface area contributed by atoms with Gasteiger partial charge < -0.3 is 19.0 Å². The van der Waals surface area contributed by atoms with Crippen molar-refractivity contribution in [1.29, 1.82) is 0 Å². The molecule has 1 saturated carbocycles. The van der Waals surface area contributed by atoms with Crippen LogP contribution in [0.2, 0.25) is 0 Å². The van der Waals surface area contributed by atoms with Crippen LogP contribution in [0.15, 0.2) is 223 Å². The Morgan fingerprint density at radius 2 is 1.20 bits per heavy atom. The van der Waals surface area contributed by atoms with Crippen LogP contribution in [0.1, 0.15) is 67.6 Å². The molecule has 386 valence electrons. The first kappa shape index (κ1) is 46.2. The van der Waals surface area contributed by atoms with Crippen LogP contribution in [0.5, 0.6) is 5.75 Å². The molecule has 5 atom stereocenters. The Morgan fingerprint density at radius 1 is 0.568 bits per heavy atom. The largest absolute Gasteiger partial charge is 0.484 e. The molecule has 10 aromatic rings. The number of furan rings is 1. The van der Waals surface area contributed by atoms with E-state index in [1.807, 2.05) is 0 Å². The minimum absolute atomic E-state index is 0.00216. The summed E-state index contributed by atoms with van der Waals surface area (Å²) in [5, 5.41) is 7.64. The van der Waals surface area contributed by atoms with E-state index in [0.717, 1.165) is 23.2 Å². The Kier molecular flexibility index (Phi) is 10.1. The van der Waals surface area contributed by atoms with Crippen LogP contribution in [0.25, 0.3) is 60.8 Å². The number of rotatable bonds is 6. The lowest BCUT2D eigenvalue weighted by Gasteiger charge is -2.47. The molecule has 0 N–H and O–H groups in total. The normalized spacial score (nSPS) is 20.9. The highest BCUT2D eigenvalue weighted by atomic mass is 31.1. The van der Waals surface area contributed by atoms with Gasteiger partial charge in [0, 0.05) is 61.4 Å². The van der Waals surface area contributed by atoms with Crippen LogP contribution in [-0.2, 0) is 6.42 Å². The summed E-state index contributed by atoms with van der Waals surface area (Å²) in [4.78, 5) is 7.02. The zero-order chi connectivity index (χ0) is 53.0. The molecular formula is C75H57BN2O2P+. The Hall–Kier alpha value is -8.63. The van der Waals surface area contributed by atoms with Gasteiger partial charge in [0.15, 0.2) is 10.2 Å². The maximum Gasteiger partial charge on any atom is 0.263 e. The molecule has 8 aliphatic rings. The molecule has 81 heavy (non-hydrogen) atoms. The fourth-order valence-electron chi connectivity index (χ4n) is 16.0. The van der Waals surface area contributed by atoms with E-state index in [4.69, 9.17) is 9.15 Å². The molecule has 4 aliphatic heterocycles. The summed E-state index contributed by atoms with van der Waals surface area (Å²) >= 11 is 0. The Balaban J connectivity index is 1.15. The van der Waals surface area contributed by atoms with E-state index >= 15 is 0 Å². The van der Waals surface area contributed by atoms with Gasteiger partial charge in [-0.25, -0.2) is 0 Å². The third-order valence-electron chi connectivity index (χ3n) is 19.4. The van der Waals surface area contributed by atoms with Gasteiger partial charge in [-0.2, -0.15) is 0 Å². The second kappa shape index (κ2) is 17.7. The standard InChI is InChI=1S/C75H57BN2O2P/c1-45-23-11-20-42-62(45)81-74-63(49-28-7-3-8-29-49)72-65(54-36-16-18-40-60(54)79-72)70-68(74)76-67-58(77(70)56-38-21-32-47-26-12-14-34-52(47)56)43-51(46-24-5-2-6-25-46)44-59(67)78(57-39-22-33-48-27-13-15-35-53(48)57)71-66-55-37-17-19-41-61(55)80-73(66)64(75(81)69(71)76)50-30-9-4-10-31-50/h3-4,7-23,26-36,38-46,54,60,62H,2,5-6,24-25,37H2,1H3/q+1. The maximum atomic E-state index is 7.76. The topological polar surface area (TPSA) is 28.9 Å². The Labute approximate surface area is 473 Å². The lowest BCUT2D eigenvalue weighted by atomic mass is 9.32. The lowest BCUT2D eigenvalue weighted by molar-refractivity contribution is 0.270. The molecule has 0 saturated heterocycles. The van der Waals surface area contributed by atoms with Crippen molar-refractivity contribution < 1.29 is 9.15 Å². The molecule has 0 amide bonds. The summed E-state index contributed by atoms with van der Waals surface area (Å²) in [5.41, 5.74) is 22.8. The van der Waals surface area contributed by atoms with Gasteiger partial charge in [-0.3, -0.25) is 0 Å². The highest BCUT2D eigenvalue weighted by Gasteiger charge is 2.58. The first-order chi connectivity index (χ1) is 40.2. The molecule has 1 aromatic heterocycles. The number of hydrogen-bond donors (Lipinski definition) is 0. The zero-order valence-corrected chi connectivity index (χ0v) is 46.1. The first-order valence-corrected chi connectivity index (χ1v) is 31.0. The van der Waals surface area contributed by atoms with Crippen molar-refractivity contribution in [1.82, 2.24) is 0 Å². The fourth-order valence-corrected chi connectivity index (χ4v) is 19.6. The molecule has 0 radical (unpaired) electrons. The molecule has 5 heterocycles. The van der Waals surface area contributed by atoms with Gasteiger partial charge in [0.05, 0.1) is 33.9 Å². The van der Waals surface area contributed by atoms with Crippen LogP contribution < -0.4 is 41.6 Å². The zero-order valence-electron chi connectivity index (χ0n) is 45.2.